The summed E-state index contributed by atoms with van der Waals surface area (Å²) in [6.07, 6.45) is -2.77. The number of amides is 1. The summed E-state index contributed by atoms with van der Waals surface area (Å²) in [6, 6.07) is 6.54. The quantitative estimate of drug-likeness (QED) is 0.645. The molecule has 1 N–H and O–H groups in total. The third kappa shape index (κ3) is 3.97. The number of anilines is 1. The van der Waals surface area contributed by atoms with E-state index < -0.39 is 17.6 Å². The van der Waals surface area contributed by atoms with Gasteiger partial charge in [0.05, 0.1) is 15.6 Å². The lowest BCUT2D eigenvalue weighted by molar-refractivity contribution is -0.137. The molecular formula is C16H8Cl2F3N3O2. The fourth-order valence-corrected chi connectivity index (χ4v) is 2.25. The van der Waals surface area contributed by atoms with Gasteiger partial charge in [-0.3, -0.25) is 4.79 Å². The summed E-state index contributed by atoms with van der Waals surface area (Å²) in [7, 11) is 0. The first-order valence-electron chi connectivity index (χ1n) is 6.99. The first-order valence-corrected chi connectivity index (χ1v) is 7.75. The number of alkyl halides is 3. The van der Waals surface area contributed by atoms with Gasteiger partial charge in [-0.25, -0.2) is 9.97 Å². The van der Waals surface area contributed by atoms with Gasteiger partial charge in [0.1, 0.15) is 12.1 Å². The summed E-state index contributed by atoms with van der Waals surface area (Å²) < 4.78 is 42.7. The summed E-state index contributed by atoms with van der Waals surface area (Å²) >= 11 is 11.7. The average Bonchev–Trinajstić information content (AvgIpc) is 3.07. The zero-order valence-electron chi connectivity index (χ0n) is 12.6. The summed E-state index contributed by atoms with van der Waals surface area (Å²) in [5.41, 5.74) is -0.488. The van der Waals surface area contributed by atoms with Gasteiger partial charge in [0, 0.05) is 11.8 Å². The van der Waals surface area contributed by atoms with Gasteiger partial charge in [-0.05, 0) is 30.3 Å². The Morgan fingerprint density at radius 1 is 1.12 bits per heavy atom. The number of nitrogens with one attached hydrogen (secondary N) is 1. The first kappa shape index (κ1) is 18.2. The van der Waals surface area contributed by atoms with Crippen LogP contribution in [0.1, 0.15) is 16.1 Å². The van der Waals surface area contributed by atoms with Gasteiger partial charge < -0.3 is 9.73 Å². The molecule has 0 aliphatic heterocycles. The molecule has 0 atom stereocenters. The number of hydrogen-bond donors (Lipinski definition) is 1. The predicted molar refractivity (Wildman–Crippen MR) is 89.2 cm³/mol. The van der Waals surface area contributed by atoms with Gasteiger partial charge in [0.15, 0.2) is 5.69 Å². The van der Waals surface area contributed by atoms with Crippen molar-refractivity contribution in [2.24, 2.45) is 0 Å². The molecule has 134 valence electrons. The molecule has 0 aliphatic carbocycles. The Balaban J connectivity index is 1.75. The van der Waals surface area contributed by atoms with Crippen molar-refractivity contribution in [1.29, 1.82) is 0 Å². The van der Waals surface area contributed by atoms with E-state index >= 15 is 0 Å². The third-order valence-corrected chi connectivity index (χ3v) is 3.97. The van der Waals surface area contributed by atoms with Crippen LogP contribution in [0.2, 0.25) is 10.0 Å². The number of carbonyl (C=O) groups is 1. The van der Waals surface area contributed by atoms with E-state index in [2.05, 4.69) is 15.3 Å². The molecule has 1 amide bonds. The smallest absolute Gasteiger partial charge is 0.417 e. The fraction of sp³-hybridized carbons (Fsp3) is 0.0625. The number of aromatic nitrogens is 2. The monoisotopic (exact) mass is 401 g/mol. The summed E-state index contributed by atoms with van der Waals surface area (Å²) in [6.45, 7) is 0. The molecule has 0 bridgehead atoms. The molecule has 0 radical (unpaired) electrons. The van der Waals surface area contributed by atoms with Gasteiger partial charge in [0.2, 0.25) is 5.89 Å². The molecule has 0 aliphatic rings. The van der Waals surface area contributed by atoms with Crippen LogP contribution in [0.5, 0.6) is 0 Å². The number of oxazole rings is 1. The highest BCUT2D eigenvalue weighted by atomic mass is 35.5. The Kier molecular flexibility index (Phi) is 4.88. The maximum absolute atomic E-state index is 12.5. The van der Waals surface area contributed by atoms with Gasteiger partial charge >= 0.3 is 6.18 Å². The summed E-state index contributed by atoms with van der Waals surface area (Å²) in [4.78, 5) is 19.7. The van der Waals surface area contributed by atoms with Gasteiger partial charge in [-0.1, -0.05) is 23.2 Å². The van der Waals surface area contributed by atoms with Gasteiger partial charge in [-0.15, -0.1) is 0 Å². The molecule has 26 heavy (non-hydrogen) atoms. The minimum absolute atomic E-state index is 0.0536. The van der Waals surface area contributed by atoms with E-state index in [1.807, 2.05) is 0 Å². The van der Waals surface area contributed by atoms with Crippen molar-refractivity contribution in [2.75, 3.05) is 5.32 Å². The molecule has 1 aromatic carbocycles. The van der Waals surface area contributed by atoms with Gasteiger partial charge in [0.25, 0.3) is 5.91 Å². The minimum Gasteiger partial charge on any atom is -0.444 e. The van der Waals surface area contributed by atoms with Crippen molar-refractivity contribution >= 4 is 34.9 Å². The van der Waals surface area contributed by atoms with Crippen LogP contribution >= 0.6 is 23.2 Å². The van der Waals surface area contributed by atoms with E-state index in [-0.39, 0.29) is 17.4 Å². The molecule has 0 saturated carbocycles. The maximum atomic E-state index is 12.5. The lowest BCUT2D eigenvalue weighted by Crippen LogP contribution is -2.14. The minimum atomic E-state index is -4.50. The number of benzene rings is 1. The summed E-state index contributed by atoms with van der Waals surface area (Å²) in [5.74, 6) is -0.608. The van der Waals surface area contributed by atoms with Crippen LogP contribution in [0.25, 0.3) is 11.5 Å². The highest BCUT2D eigenvalue weighted by Crippen LogP contribution is 2.29. The SMILES string of the molecule is O=C(Nc1ccc(C(F)(F)F)cn1)c1coc(-c2ccc(Cl)c(Cl)c2)n1. The third-order valence-electron chi connectivity index (χ3n) is 3.24. The van der Waals surface area contributed by atoms with E-state index in [1.165, 1.54) is 6.07 Å². The second kappa shape index (κ2) is 6.97. The Labute approximate surface area is 154 Å². The van der Waals surface area contributed by atoms with E-state index in [0.29, 0.717) is 21.8 Å². The van der Waals surface area contributed by atoms with Crippen molar-refractivity contribution in [2.45, 2.75) is 6.18 Å². The topological polar surface area (TPSA) is 68.0 Å². The van der Waals surface area contributed by atoms with Crippen LogP contribution in [-0.4, -0.2) is 15.9 Å². The Morgan fingerprint density at radius 3 is 2.50 bits per heavy atom. The van der Waals surface area contributed by atoms with E-state index in [1.54, 1.807) is 12.1 Å². The Bertz CT molecular complexity index is 956. The highest BCUT2D eigenvalue weighted by Gasteiger charge is 2.30. The van der Waals surface area contributed by atoms with Crippen LogP contribution in [0.15, 0.2) is 47.2 Å². The molecule has 3 rings (SSSR count). The zero-order chi connectivity index (χ0) is 18.9. The number of hydrogen-bond acceptors (Lipinski definition) is 4. The van der Waals surface area contributed by atoms with E-state index in [0.717, 1.165) is 18.4 Å². The highest BCUT2D eigenvalue weighted by molar-refractivity contribution is 6.42. The van der Waals surface area contributed by atoms with E-state index in [4.69, 9.17) is 27.6 Å². The molecule has 0 spiro atoms. The lowest BCUT2D eigenvalue weighted by Gasteiger charge is -2.07. The molecule has 3 aromatic rings. The number of nitrogens with zero attached hydrogens (tertiary/aromatic N) is 2. The van der Waals surface area contributed by atoms with Crippen molar-refractivity contribution in [3.63, 3.8) is 0 Å². The Hall–Kier alpha value is -2.58. The number of pyridine rings is 1. The normalized spacial score (nSPS) is 11.4. The van der Waals surface area contributed by atoms with Crippen molar-refractivity contribution in [3.8, 4) is 11.5 Å². The summed E-state index contributed by atoms with van der Waals surface area (Å²) in [5, 5.41) is 2.98. The largest absolute Gasteiger partial charge is 0.444 e. The van der Waals surface area contributed by atoms with Crippen LogP contribution < -0.4 is 5.32 Å². The first-order chi connectivity index (χ1) is 12.2. The standard InChI is InChI=1S/C16H8Cl2F3N3O2/c17-10-3-1-8(5-11(10)18)15-23-12(7-26-15)14(25)24-13-4-2-9(6-22-13)16(19,20)21/h1-7H,(H,22,24,25). The van der Waals surface area contributed by atoms with Crippen molar-refractivity contribution in [1.82, 2.24) is 9.97 Å². The van der Waals surface area contributed by atoms with Crippen LogP contribution in [0.3, 0.4) is 0 Å². The molecule has 10 heteroatoms. The molecular weight excluding hydrogens is 394 g/mol. The van der Waals surface area contributed by atoms with Crippen molar-refractivity contribution in [3.05, 3.63) is 64.1 Å². The second-order valence-corrected chi connectivity index (χ2v) is 5.87. The van der Waals surface area contributed by atoms with Crippen molar-refractivity contribution < 1.29 is 22.4 Å². The molecule has 0 fully saturated rings. The molecule has 2 heterocycles. The maximum Gasteiger partial charge on any atom is 0.417 e. The molecule has 0 saturated heterocycles. The van der Waals surface area contributed by atoms with E-state index in [9.17, 15) is 18.0 Å². The molecule has 5 nitrogen and oxygen atoms in total. The lowest BCUT2D eigenvalue weighted by atomic mass is 10.2. The number of carbonyl (C=O) groups excluding carboxylic acids is 1. The predicted octanol–water partition coefficient (Wildman–Crippen LogP) is 5.31. The number of rotatable bonds is 3. The Morgan fingerprint density at radius 2 is 1.88 bits per heavy atom. The van der Waals surface area contributed by atoms with Gasteiger partial charge in [-0.2, -0.15) is 13.2 Å². The molecule has 0 unspecified atom stereocenters. The van der Waals surface area contributed by atoms with Crippen LogP contribution in [0, 0.1) is 0 Å². The van der Waals surface area contributed by atoms with Crippen LogP contribution in [-0.2, 0) is 6.18 Å². The average molecular weight is 402 g/mol. The zero-order valence-corrected chi connectivity index (χ0v) is 14.2. The molecule has 2 aromatic heterocycles. The number of halogens is 5. The fourth-order valence-electron chi connectivity index (χ4n) is 1.96. The van der Waals surface area contributed by atoms with Crippen LogP contribution in [0.4, 0.5) is 19.0 Å². The second-order valence-electron chi connectivity index (χ2n) is 5.05.